The van der Waals surface area contributed by atoms with Gasteiger partial charge in [-0.05, 0) is 36.6 Å². The zero-order chi connectivity index (χ0) is 21.5. The molecule has 0 saturated carbocycles. The quantitative estimate of drug-likeness (QED) is 0.677. The molecule has 0 bridgehead atoms. The van der Waals surface area contributed by atoms with Crippen LogP contribution < -0.4 is 5.32 Å². The maximum Gasteiger partial charge on any atom is 0.311 e. The Morgan fingerprint density at radius 1 is 1.17 bits per heavy atom. The van der Waals surface area contributed by atoms with Crippen LogP contribution in [0, 0.1) is 11.7 Å². The van der Waals surface area contributed by atoms with E-state index in [1.165, 1.54) is 12.1 Å². The number of carbonyl (C=O) groups is 3. The molecule has 30 heavy (non-hydrogen) atoms. The summed E-state index contributed by atoms with van der Waals surface area (Å²) in [5, 5.41) is 2.66. The lowest BCUT2D eigenvalue weighted by Crippen LogP contribution is -2.32. The number of hydrogen-bond acceptors (Lipinski definition) is 4. The first-order valence-corrected chi connectivity index (χ1v) is 9.96. The van der Waals surface area contributed by atoms with Crippen LogP contribution in [-0.2, 0) is 25.5 Å². The summed E-state index contributed by atoms with van der Waals surface area (Å²) in [5.41, 5.74) is 1.89. The van der Waals surface area contributed by atoms with E-state index in [9.17, 15) is 18.8 Å². The molecule has 2 aromatic carbocycles. The van der Waals surface area contributed by atoms with Gasteiger partial charge in [-0.15, -0.1) is 0 Å². The van der Waals surface area contributed by atoms with Gasteiger partial charge in [-0.1, -0.05) is 42.5 Å². The van der Waals surface area contributed by atoms with Gasteiger partial charge < -0.3 is 15.0 Å². The zero-order valence-corrected chi connectivity index (χ0v) is 16.8. The first-order valence-electron chi connectivity index (χ1n) is 9.96. The number of amides is 2. The van der Waals surface area contributed by atoms with Crippen molar-refractivity contribution in [3.8, 4) is 0 Å². The highest BCUT2D eigenvalue weighted by Crippen LogP contribution is 2.28. The molecule has 2 atom stereocenters. The minimum atomic E-state index is -0.573. The van der Waals surface area contributed by atoms with Crippen LogP contribution in [0.25, 0.3) is 0 Å². The molecule has 6 nitrogen and oxygen atoms in total. The van der Waals surface area contributed by atoms with E-state index in [1.807, 2.05) is 37.3 Å². The Balaban J connectivity index is 1.40. The van der Waals surface area contributed by atoms with Crippen molar-refractivity contribution in [2.24, 2.45) is 5.92 Å². The number of halogens is 1. The van der Waals surface area contributed by atoms with Crippen molar-refractivity contribution < 1.29 is 23.5 Å². The lowest BCUT2D eigenvalue weighted by molar-refractivity contribution is -0.152. The highest BCUT2D eigenvalue weighted by Gasteiger charge is 2.38. The van der Waals surface area contributed by atoms with E-state index in [0.29, 0.717) is 13.0 Å². The van der Waals surface area contributed by atoms with Gasteiger partial charge >= 0.3 is 5.97 Å². The van der Waals surface area contributed by atoms with Gasteiger partial charge in [0, 0.05) is 19.5 Å². The van der Waals surface area contributed by atoms with Crippen LogP contribution in [0.15, 0.2) is 54.6 Å². The number of ether oxygens (including phenoxy) is 1. The second-order valence-electron chi connectivity index (χ2n) is 7.37. The Morgan fingerprint density at radius 3 is 2.57 bits per heavy atom. The molecule has 0 spiro atoms. The largest absolute Gasteiger partial charge is 0.455 e. The molecule has 0 radical (unpaired) electrons. The lowest BCUT2D eigenvalue weighted by atomic mass is 10.1. The molecule has 1 N–H and O–H groups in total. The molecule has 2 amide bonds. The third kappa shape index (κ3) is 5.65. The van der Waals surface area contributed by atoms with Gasteiger partial charge in [0.1, 0.15) is 5.82 Å². The fourth-order valence-corrected chi connectivity index (χ4v) is 3.48. The first-order chi connectivity index (χ1) is 14.4. The van der Waals surface area contributed by atoms with Crippen molar-refractivity contribution in [3.05, 3.63) is 71.5 Å². The van der Waals surface area contributed by atoms with Gasteiger partial charge in [-0.2, -0.15) is 0 Å². The summed E-state index contributed by atoms with van der Waals surface area (Å²) in [6.07, 6.45) is 0.631. The molecule has 1 heterocycles. The van der Waals surface area contributed by atoms with Crippen molar-refractivity contribution in [3.63, 3.8) is 0 Å². The topological polar surface area (TPSA) is 75.7 Å². The maximum absolute atomic E-state index is 12.9. The van der Waals surface area contributed by atoms with Crippen molar-refractivity contribution in [2.45, 2.75) is 25.8 Å². The van der Waals surface area contributed by atoms with E-state index in [0.717, 1.165) is 11.1 Å². The van der Waals surface area contributed by atoms with Crippen LogP contribution in [0.2, 0.25) is 0 Å². The second-order valence-corrected chi connectivity index (χ2v) is 7.37. The number of rotatable bonds is 8. The number of nitrogens with one attached hydrogen (secondary N) is 1. The monoisotopic (exact) mass is 412 g/mol. The third-order valence-corrected chi connectivity index (χ3v) is 5.24. The average Bonchev–Trinajstić information content (AvgIpc) is 3.15. The fraction of sp³-hybridized carbons (Fsp3) is 0.348. The van der Waals surface area contributed by atoms with E-state index in [-0.39, 0.29) is 37.3 Å². The van der Waals surface area contributed by atoms with Crippen LogP contribution in [0.1, 0.15) is 30.5 Å². The molecule has 1 fully saturated rings. The molecule has 1 aliphatic heterocycles. The number of benzene rings is 2. The number of carbonyl (C=O) groups excluding carboxylic acids is 3. The summed E-state index contributed by atoms with van der Waals surface area (Å²) >= 11 is 0. The van der Waals surface area contributed by atoms with Gasteiger partial charge in [-0.3, -0.25) is 14.4 Å². The fourth-order valence-electron chi connectivity index (χ4n) is 3.48. The van der Waals surface area contributed by atoms with Crippen molar-refractivity contribution in [1.29, 1.82) is 0 Å². The summed E-state index contributed by atoms with van der Waals surface area (Å²) in [6, 6.07) is 15.5. The molecule has 2 aromatic rings. The highest BCUT2D eigenvalue weighted by molar-refractivity contribution is 5.88. The summed E-state index contributed by atoms with van der Waals surface area (Å²) in [6.45, 7) is 2.17. The van der Waals surface area contributed by atoms with Crippen molar-refractivity contribution in [2.75, 3.05) is 19.7 Å². The Labute approximate surface area is 175 Å². The molecule has 1 saturated heterocycles. The van der Waals surface area contributed by atoms with Crippen LogP contribution in [0.3, 0.4) is 0 Å². The smallest absolute Gasteiger partial charge is 0.311 e. The minimum absolute atomic E-state index is 0.0855. The Morgan fingerprint density at radius 2 is 1.87 bits per heavy atom. The standard InChI is InChI=1S/C23H25FN2O4/c1-16(18-5-3-2-4-6-18)26-14-19(13-22(26)28)23(29)30-15-21(27)25-12-11-17-7-9-20(24)10-8-17/h2-10,16,19H,11-15H2,1H3,(H,25,27)/t16-,19+/m1/s1. The molecular formula is C23H25FN2O4. The normalized spacial score (nSPS) is 16.9. The summed E-state index contributed by atoms with van der Waals surface area (Å²) in [7, 11) is 0. The van der Waals surface area contributed by atoms with Gasteiger partial charge in [0.05, 0.1) is 12.0 Å². The molecule has 0 aromatic heterocycles. The molecule has 3 rings (SSSR count). The molecule has 158 valence electrons. The van der Waals surface area contributed by atoms with Gasteiger partial charge in [0.2, 0.25) is 5.91 Å². The Bertz CT molecular complexity index is 886. The van der Waals surface area contributed by atoms with Gasteiger partial charge in [0.15, 0.2) is 6.61 Å². The highest BCUT2D eigenvalue weighted by atomic mass is 19.1. The number of hydrogen-bond donors (Lipinski definition) is 1. The van der Waals surface area contributed by atoms with E-state index in [2.05, 4.69) is 5.32 Å². The summed E-state index contributed by atoms with van der Waals surface area (Å²) < 4.78 is 18.0. The van der Waals surface area contributed by atoms with Crippen molar-refractivity contribution >= 4 is 17.8 Å². The molecule has 1 aliphatic rings. The molecule has 0 unspecified atom stereocenters. The van der Waals surface area contributed by atoms with Crippen LogP contribution in [0.4, 0.5) is 4.39 Å². The number of nitrogens with zero attached hydrogens (tertiary/aromatic N) is 1. The summed E-state index contributed by atoms with van der Waals surface area (Å²) in [4.78, 5) is 38.2. The number of esters is 1. The Hall–Kier alpha value is -3.22. The van der Waals surface area contributed by atoms with Crippen LogP contribution in [0.5, 0.6) is 0 Å². The van der Waals surface area contributed by atoms with E-state index < -0.39 is 17.8 Å². The molecular weight excluding hydrogens is 387 g/mol. The SMILES string of the molecule is C[C@H](c1ccccc1)N1C[C@@H](C(=O)OCC(=O)NCCc2ccc(F)cc2)CC1=O. The van der Waals surface area contributed by atoms with E-state index in [4.69, 9.17) is 4.74 Å². The van der Waals surface area contributed by atoms with Crippen LogP contribution in [-0.4, -0.2) is 42.4 Å². The maximum atomic E-state index is 12.9. The number of likely N-dealkylation sites (tertiary alicyclic amines) is 1. The lowest BCUT2D eigenvalue weighted by Gasteiger charge is -2.25. The molecule has 0 aliphatic carbocycles. The average molecular weight is 412 g/mol. The Kier molecular flexibility index (Phi) is 7.17. The van der Waals surface area contributed by atoms with Gasteiger partial charge in [-0.25, -0.2) is 4.39 Å². The minimum Gasteiger partial charge on any atom is -0.455 e. The predicted octanol–water partition coefficient (Wildman–Crippen LogP) is 2.64. The summed E-state index contributed by atoms with van der Waals surface area (Å²) in [5.74, 6) is -1.94. The second kappa shape index (κ2) is 10.0. The molecule has 7 heteroatoms. The zero-order valence-electron chi connectivity index (χ0n) is 16.8. The predicted molar refractivity (Wildman–Crippen MR) is 109 cm³/mol. The van der Waals surface area contributed by atoms with E-state index >= 15 is 0 Å². The first kappa shape index (κ1) is 21.5. The van der Waals surface area contributed by atoms with Crippen molar-refractivity contribution in [1.82, 2.24) is 10.2 Å². The third-order valence-electron chi connectivity index (χ3n) is 5.24. The van der Waals surface area contributed by atoms with E-state index in [1.54, 1.807) is 17.0 Å². The van der Waals surface area contributed by atoms with Crippen LogP contribution >= 0.6 is 0 Å². The van der Waals surface area contributed by atoms with Gasteiger partial charge in [0.25, 0.3) is 5.91 Å².